The van der Waals surface area contributed by atoms with Gasteiger partial charge in [-0.1, -0.05) is 11.6 Å². The number of anilines is 1. The van der Waals surface area contributed by atoms with Crippen molar-refractivity contribution in [1.29, 1.82) is 0 Å². The van der Waals surface area contributed by atoms with Gasteiger partial charge in [-0.3, -0.25) is 0 Å². The average Bonchev–Trinajstić information content (AvgIpc) is 3.13. The fraction of sp³-hybridized carbons (Fsp3) is 0.667. The summed E-state index contributed by atoms with van der Waals surface area (Å²) in [5.74, 6) is 2.82. The molecule has 1 N–H and O–H groups in total. The van der Waals surface area contributed by atoms with Gasteiger partial charge in [0.25, 0.3) is 0 Å². The van der Waals surface area contributed by atoms with Crippen molar-refractivity contribution in [3.05, 3.63) is 17.4 Å². The molecule has 0 aromatic carbocycles. The highest BCUT2D eigenvalue weighted by atomic mass is 35.5. The summed E-state index contributed by atoms with van der Waals surface area (Å²) < 4.78 is 0. The second kappa shape index (κ2) is 4.21. The zero-order valence-electron chi connectivity index (χ0n) is 9.19. The molecule has 3 nitrogen and oxygen atoms in total. The maximum Gasteiger partial charge on any atom is 0.153 e. The molecule has 0 radical (unpaired) electrons. The van der Waals surface area contributed by atoms with Crippen LogP contribution in [0.1, 0.15) is 25.7 Å². The Labute approximate surface area is 101 Å². The van der Waals surface area contributed by atoms with E-state index >= 15 is 0 Å². The van der Waals surface area contributed by atoms with Crippen molar-refractivity contribution in [3.63, 3.8) is 0 Å². The summed E-state index contributed by atoms with van der Waals surface area (Å²) in [5, 5.41) is 11.5. The number of rotatable bonds is 5. The highest BCUT2D eigenvalue weighted by molar-refractivity contribution is 6.29. The molecule has 86 valence electrons. The van der Waals surface area contributed by atoms with Gasteiger partial charge >= 0.3 is 0 Å². The van der Waals surface area contributed by atoms with Crippen LogP contribution >= 0.6 is 11.6 Å². The second-order valence-electron chi connectivity index (χ2n) is 4.99. The first-order valence-corrected chi connectivity index (χ1v) is 6.43. The van der Waals surface area contributed by atoms with Crippen molar-refractivity contribution in [2.24, 2.45) is 17.8 Å². The second-order valence-corrected chi connectivity index (χ2v) is 5.37. The number of halogens is 1. The Kier molecular flexibility index (Phi) is 2.72. The van der Waals surface area contributed by atoms with Crippen molar-refractivity contribution in [2.75, 3.05) is 11.9 Å². The summed E-state index contributed by atoms with van der Waals surface area (Å²) in [4.78, 5) is 0. The van der Waals surface area contributed by atoms with Crippen molar-refractivity contribution in [1.82, 2.24) is 10.2 Å². The van der Waals surface area contributed by atoms with E-state index in [9.17, 15) is 0 Å². The van der Waals surface area contributed by atoms with Crippen LogP contribution in [0.5, 0.6) is 0 Å². The van der Waals surface area contributed by atoms with E-state index in [1.54, 1.807) is 6.20 Å². The lowest BCUT2D eigenvalue weighted by molar-refractivity contribution is 0.428. The summed E-state index contributed by atoms with van der Waals surface area (Å²) in [6.45, 7) is 1.07. The molecule has 0 saturated heterocycles. The van der Waals surface area contributed by atoms with Crippen molar-refractivity contribution < 1.29 is 0 Å². The van der Waals surface area contributed by atoms with Crippen LogP contribution in [0.4, 0.5) is 5.69 Å². The number of nitrogens with one attached hydrogen (secondary N) is 1. The Morgan fingerprint density at radius 3 is 2.56 bits per heavy atom. The maximum atomic E-state index is 5.80. The third-order valence-corrected chi connectivity index (χ3v) is 3.81. The fourth-order valence-electron chi connectivity index (χ4n) is 2.44. The number of hydrogen-bond acceptors (Lipinski definition) is 3. The first-order chi connectivity index (χ1) is 7.83. The summed E-state index contributed by atoms with van der Waals surface area (Å²) in [7, 11) is 0. The average molecular weight is 238 g/mol. The summed E-state index contributed by atoms with van der Waals surface area (Å²) in [6, 6.07) is 1.84. The van der Waals surface area contributed by atoms with Gasteiger partial charge in [0.2, 0.25) is 0 Å². The maximum absolute atomic E-state index is 5.80. The first-order valence-electron chi connectivity index (χ1n) is 6.05. The summed E-state index contributed by atoms with van der Waals surface area (Å²) in [5.41, 5.74) is 0.992. The third-order valence-electron chi connectivity index (χ3n) is 3.62. The summed E-state index contributed by atoms with van der Waals surface area (Å²) >= 11 is 5.80. The highest BCUT2D eigenvalue weighted by Crippen LogP contribution is 2.49. The van der Waals surface area contributed by atoms with Gasteiger partial charge in [0.1, 0.15) is 0 Å². The Balaban J connectivity index is 1.58. The summed E-state index contributed by atoms with van der Waals surface area (Å²) in [6.07, 6.45) is 7.45. The van der Waals surface area contributed by atoms with Gasteiger partial charge in [-0.05, 0) is 43.4 Å². The molecule has 0 atom stereocenters. The van der Waals surface area contributed by atoms with Gasteiger partial charge < -0.3 is 5.32 Å². The van der Waals surface area contributed by atoms with Crippen LogP contribution in [0.25, 0.3) is 0 Å². The van der Waals surface area contributed by atoms with E-state index in [-0.39, 0.29) is 0 Å². The molecule has 2 fully saturated rings. The van der Waals surface area contributed by atoms with Gasteiger partial charge in [0, 0.05) is 12.6 Å². The lowest BCUT2D eigenvalue weighted by atomic mass is 9.98. The molecule has 2 aliphatic carbocycles. The highest BCUT2D eigenvalue weighted by Gasteiger charge is 2.40. The van der Waals surface area contributed by atoms with Crippen LogP contribution in [0.2, 0.25) is 5.15 Å². The minimum Gasteiger partial charge on any atom is -0.383 e. The molecule has 1 aromatic rings. The molecule has 0 unspecified atom stereocenters. The van der Waals surface area contributed by atoms with E-state index in [4.69, 9.17) is 11.6 Å². The normalized spacial score (nSPS) is 20.1. The van der Waals surface area contributed by atoms with Gasteiger partial charge in [-0.2, -0.15) is 5.10 Å². The Morgan fingerprint density at radius 1 is 1.31 bits per heavy atom. The van der Waals surface area contributed by atoms with Crippen molar-refractivity contribution in [3.8, 4) is 0 Å². The Hall–Kier alpha value is -0.830. The molecule has 3 rings (SSSR count). The molecule has 4 heteroatoms. The fourth-order valence-corrected chi connectivity index (χ4v) is 2.60. The monoisotopic (exact) mass is 237 g/mol. The minimum absolute atomic E-state index is 0.458. The molecule has 0 amide bonds. The molecule has 0 bridgehead atoms. The number of aromatic nitrogens is 2. The topological polar surface area (TPSA) is 37.8 Å². The predicted molar refractivity (Wildman–Crippen MR) is 64.5 cm³/mol. The molecular formula is C12H16ClN3. The van der Waals surface area contributed by atoms with Crippen molar-refractivity contribution >= 4 is 17.3 Å². The van der Waals surface area contributed by atoms with E-state index in [0.29, 0.717) is 5.15 Å². The largest absolute Gasteiger partial charge is 0.383 e. The molecular weight excluding hydrogens is 222 g/mol. The van der Waals surface area contributed by atoms with Gasteiger partial charge in [0.15, 0.2) is 5.15 Å². The molecule has 2 saturated carbocycles. The van der Waals surface area contributed by atoms with Crippen LogP contribution in [0.15, 0.2) is 12.3 Å². The van der Waals surface area contributed by atoms with E-state index in [1.807, 2.05) is 6.07 Å². The quantitative estimate of drug-likeness (QED) is 0.856. The number of nitrogens with zero attached hydrogens (tertiary/aromatic N) is 2. The molecule has 2 aliphatic rings. The van der Waals surface area contributed by atoms with Gasteiger partial charge in [-0.15, -0.1) is 5.10 Å². The van der Waals surface area contributed by atoms with E-state index in [1.165, 1.54) is 25.7 Å². The van der Waals surface area contributed by atoms with E-state index in [2.05, 4.69) is 15.5 Å². The zero-order valence-corrected chi connectivity index (χ0v) is 9.95. The van der Waals surface area contributed by atoms with Crippen molar-refractivity contribution in [2.45, 2.75) is 25.7 Å². The van der Waals surface area contributed by atoms with Crippen LogP contribution in [-0.4, -0.2) is 16.7 Å². The van der Waals surface area contributed by atoms with E-state index in [0.717, 1.165) is 30.0 Å². The van der Waals surface area contributed by atoms with Gasteiger partial charge in [-0.25, -0.2) is 0 Å². The molecule has 0 aliphatic heterocycles. The standard InChI is InChI=1S/C12H16ClN3/c13-12-5-10(6-15-16-12)14-7-11(8-1-2-8)9-3-4-9/h5-6,8-9,11H,1-4,7H2,(H,14,16). The van der Waals surface area contributed by atoms with Gasteiger partial charge in [0.05, 0.1) is 11.9 Å². The molecule has 0 spiro atoms. The predicted octanol–water partition coefficient (Wildman–Crippen LogP) is 2.98. The van der Waals surface area contributed by atoms with Crippen LogP contribution in [-0.2, 0) is 0 Å². The Morgan fingerprint density at radius 2 is 2.00 bits per heavy atom. The Bertz CT molecular complexity index is 362. The van der Waals surface area contributed by atoms with E-state index < -0.39 is 0 Å². The molecule has 1 heterocycles. The van der Waals surface area contributed by atoms with Crippen LogP contribution in [0, 0.1) is 17.8 Å². The molecule has 1 aromatic heterocycles. The third kappa shape index (κ3) is 2.46. The minimum atomic E-state index is 0.458. The number of hydrogen-bond donors (Lipinski definition) is 1. The SMILES string of the molecule is Clc1cc(NCC(C2CC2)C2CC2)cnn1. The lowest BCUT2D eigenvalue weighted by Gasteiger charge is -2.16. The lowest BCUT2D eigenvalue weighted by Crippen LogP contribution is -2.18. The molecule has 16 heavy (non-hydrogen) atoms. The van der Waals surface area contributed by atoms with Crippen LogP contribution < -0.4 is 5.32 Å². The van der Waals surface area contributed by atoms with Crippen LogP contribution in [0.3, 0.4) is 0 Å². The first kappa shape index (κ1) is 10.3. The smallest absolute Gasteiger partial charge is 0.153 e. The zero-order chi connectivity index (χ0) is 11.0.